The van der Waals surface area contributed by atoms with Crippen LogP contribution >= 0.6 is 0 Å². The molecule has 4 aliphatic rings. The summed E-state index contributed by atoms with van der Waals surface area (Å²) in [5.74, 6) is 1.02. The van der Waals surface area contributed by atoms with Crippen molar-refractivity contribution in [1.29, 1.82) is 0 Å². The molecule has 1 nitrogen and oxygen atoms in total. The number of nitrogens with zero attached hydrogens (tertiary/aromatic N) is 1. The molecule has 0 N–H and O–H groups in total. The molecule has 1 heteroatoms. The first-order valence-electron chi connectivity index (χ1n) is 24.2. The predicted octanol–water partition coefficient (Wildman–Crippen LogP) is 17.7. The van der Waals surface area contributed by atoms with Gasteiger partial charge >= 0.3 is 0 Å². The Bertz CT molecular complexity index is 3220. The average molecular weight is 840 g/mol. The number of rotatable bonds is 7. The second-order valence-electron chi connectivity index (χ2n) is 20.0. The van der Waals surface area contributed by atoms with E-state index in [0.29, 0.717) is 11.8 Å². The third-order valence-corrected chi connectivity index (χ3v) is 16.0. The van der Waals surface area contributed by atoms with Gasteiger partial charge in [0.1, 0.15) is 0 Å². The van der Waals surface area contributed by atoms with E-state index >= 15 is 0 Å². The minimum Gasteiger partial charge on any atom is -0.309 e. The lowest BCUT2D eigenvalue weighted by Crippen LogP contribution is -2.28. The fourth-order valence-corrected chi connectivity index (χ4v) is 12.8. The number of hydrogen-bond donors (Lipinski definition) is 0. The van der Waals surface area contributed by atoms with Crippen LogP contribution in [0.25, 0.3) is 49.7 Å². The van der Waals surface area contributed by atoms with Crippen molar-refractivity contribution in [3.8, 4) is 33.4 Å². The zero-order valence-electron chi connectivity index (χ0n) is 38.2. The van der Waals surface area contributed by atoms with Crippen molar-refractivity contribution in [2.75, 3.05) is 4.90 Å². The zero-order chi connectivity index (χ0) is 43.9. The van der Waals surface area contributed by atoms with Crippen LogP contribution in [0, 0.1) is 5.92 Å². The highest BCUT2D eigenvalue weighted by atomic mass is 15.1. The lowest BCUT2D eigenvalue weighted by atomic mass is 9.68. The van der Waals surface area contributed by atoms with Gasteiger partial charge in [0.05, 0.1) is 11.4 Å². The molecule has 8 aromatic rings. The van der Waals surface area contributed by atoms with Crippen molar-refractivity contribution >= 4 is 33.4 Å². The highest BCUT2D eigenvalue weighted by Crippen LogP contribution is 2.58. The molecular weight excluding hydrogens is 783 g/mol. The molecule has 0 radical (unpaired) electrons. The third kappa shape index (κ3) is 6.19. The van der Waals surface area contributed by atoms with Gasteiger partial charge in [0.25, 0.3) is 0 Å². The summed E-state index contributed by atoms with van der Waals surface area (Å²) in [6, 6.07) is 67.3. The second-order valence-corrected chi connectivity index (χ2v) is 20.0. The van der Waals surface area contributed by atoms with E-state index in [0.717, 1.165) is 6.42 Å². The Kier molecular flexibility index (Phi) is 9.50. The predicted molar refractivity (Wildman–Crippen MR) is 276 cm³/mol. The van der Waals surface area contributed by atoms with Gasteiger partial charge in [-0.1, -0.05) is 198 Å². The first-order valence-corrected chi connectivity index (χ1v) is 24.2. The number of para-hydroxylation sites is 2. The van der Waals surface area contributed by atoms with Crippen LogP contribution in [0.2, 0.25) is 0 Å². The molecule has 2 unspecified atom stereocenters. The second kappa shape index (κ2) is 15.5. The number of fused-ring (bicyclic) bond motifs is 6. The van der Waals surface area contributed by atoms with Crippen LogP contribution in [-0.2, 0) is 10.8 Å². The van der Waals surface area contributed by atoms with Crippen LogP contribution in [-0.4, -0.2) is 0 Å². The van der Waals surface area contributed by atoms with Gasteiger partial charge in [-0.15, -0.1) is 0 Å². The summed E-state index contributed by atoms with van der Waals surface area (Å²) in [6.07, 6.45) is 12.3. The summed E-state index contributed by atoms with van der Waals surface area (Å²) in [5.41, 5.74) is 22.2. The largest absolute Gasteiger partial charge is 0.309 e. The molecule has 0 aliphatic heterocycles. The molecule has 0 spiro atoms. The molecule has 1 saturated carbocycles. The monoisotopic (exact) mass is 839 g/mol. The molecule has 0 saturated heterocycles. The highest BCUT2D eigenvalue weighted by Gasteiger charge is 2.45. The van der Waals surface area contributed by atoms with Crippen molar-refractivity contribution in [2.45, 2.75) is 83.0 Å². The molecule has 4 aliphatic carbocycles. The van der Waals surface area contributed by atoms with E-state index in [1.807, 2.05) is 0 Å². The van der Waals surface area contributed by atoms with Crippen LogP contribution in [0.1, 0.15) is 106 Å². The first kappa shape index (κ1) is 39.9. The van der Waals surface area contributed by atoms with Crippen molar-refractivity contribution in [2.24, 2.45) is 5.92 Å². The van der Waals surface area contributed by atoms with E-state index in [2.05, 4.69) is 221 Å². The number of benzene rings is 8. The van der Waals surface area contributed by atoms with E-state index in [-0.39, 0.29) is 10.8 Å². The Morgan fingerprint density at radius 3 is 1.95 bits per heavy atom. The third-order valence-electron chi connectivity index (χ3n) is 16.0. The van der Waals surface area contributed by atoms with E-state index in [9.17, 15) is 0 Å². The molecule has 2 atom stereocenters. The normalized spacial score (nSPS) is 19.5. The van der Waals surface area contributed by atoms with Crippen molar-refractivity contribution in [3.05, 3.63) is 227 Å². The molecule has 1 fully saturated rings. The van der Waals surface area contributed by atoms with E-state index in [1.54, 1.807) is 5.57 Å². The molecule has 0 heterocycles. The first-order chi connectivity index (χ1) is 31.8. The lowest BCUT2D eigenvalue weighted by molar-refractivity contribution is 0.445. The number of hydrogen-bond acceptors (Lipinski definition) is 1. The molecule has 8 aromatic carbocycles. The molecule has 0 bridgehead atoms. The van der Waals surface area contributed by atoms with Gasteiger partial charge in [0, 0.05) is 27.6 Å². The maximum absolute atomic E-state index is 2.60. The fourth-order valence-electron chi connectivity index (χ4n) is 12.8. The van der Waals surface area contributed by atoms with Gasteiger partial charge in [-0.3, -0.25) is 0 Å². The van der Waals surface area contributed by atoms with Crippen LogP contribution in [0.3, 0.4) is 0 Å². The minimum absolute atomic E-state index is 0.104. The van der Waals surface area contributed by atoms with Crippen molar-refractivity contribution < 1.29 is 0 Å². The van der Waals surface area contributed by atoms with Crippen LogP contribution in [0.15, 0.2) is 194 Å². The average Bonchev–Trinajstić information content (AvgIpc) is 3.76. The SMILES string of the molecule is CC1CC=CC2=C1C(C)(c1ccccc1)c1cc(N(c3ccccc3-c3ccc4c(c3)C(C)(C)c3ccccc3-4)c3ccccc3-c3cccc4cccc(C5CCCCC5)c34)ccc12. The van der Waals surface area contributed by atoms with E-state index < -0.39 is 0 Å². The minimum atomic E-state index is -0.276. The van der Waals surface area contributed by atoms with Crippen LogP contribution < -0.4 is 4.90 Å². The summed E-state index contributed by atoms with van der Waals surface area (Å²) in [7, 11) is 0. The Labute approximate surface area is 385 Å². The molecule has 318 valence electrons. The maximum atomic E-state index is 2.60. The summed E-state index contributed by atoms with van der Waals surface area (Å²) < 4.78 is 0. The van der Waals surface area contributed by atoms with Gasteiger partial charge in [0.2, 0.25) is 0 Å². The fraction of sp³-hybridized carbons (Fsp3) is 0.219. The summed E-state index contributed by atoms with van der Waals surface area (Å²) >= 11 is 0. The van der Waals surface area contributed by atoms with E-state index in [4.69, 9.17) is 0 Å². The van der Waals surface area contributed by atoms with Crippen molar-refractivity contribution in [3.63, 3.8) is 0 Å². The Morgan fingerprint density at radius 2 is 1.15 bits per heavy atom. The lowest BCUT2D eigenvalue weighted by Gasteiger charge is -2.36. The van der Waals surface area contributed by atoms with Gasteiger partial charge in [-0.25, -0.2) is 0 Å². The Morgan fingerprint density at radius 1 is 0.508 bits per heavy atom. The molecule has 0 aromatic heterocycles. The summed E-state index contributed by atoms with van der Waals surface area (Å²) in [5, 5.41) is 2.73. The topological polar surface area (TPSA) is 3.24 Å². The summed E-state index contributed by atoms with van der Waals surface area (Å²) in [4.78, 5) is 2.60. The van der Waals surface area contributed by atoms with Gasteiger partial charge in [-0.05, 0) is 146 Å². The van der Waals surface area contributed by atoms with Gasteiger partial charge < -0.3 is 4.90 Å². The van der Waals surface area contributed by atoms with Crippen LogP contribution in [0.5, 0.6) is 0 Å². The summed E-state index contributed by atoms with van der Waals surface area (Å²) in [6.45, 7) is 9.69. The zero-order valence-corrected chi connectivity index (χ0v) is 38.2. The molecule has 12 rings (SSSR count). The van der Waals surface area contributed by atoms with Gasteiger partial charge in [0.15, 0.2) is 0 Å². The Hall–Kier alpha value is -6.70. The standard InChI is InChI=1S/C64H57N/c1-42-20-17-32-55-52-39-37-47(41-58(52)64(4,62(42)55)46-25-9-6-10-26-46)65(59-34-15-12-27-48(59)45-36-38-51-50-28-11-14-33-56(50)63(2,3)57(51)40-45)60-35-16-13-29-53(60)54-31-19-24-44-23-18-30-49(61(44)54)43-21-7-5-8-22-43/h6,9-19,23-43H,5,7-8,20-22H2,1-4H3. The van der Waals surface area contributed by atoms with Crippen LogP contribution in [0.4, 0.5) is 17.1 Å². The van der Waals surface area contributed by atoms with Crippen molar-refractivity contribution in [1.82, 2.24) is 0 Å². The number of anilines is 3. The maximum Gasteiger partial charge on any atom is 0.0540 e. The quantitative estimate of drug-likeness (QED) is 0.155. The van der Waals surface area contributed by atoms with Gasteiger partial charge in [-0.2, -0.15) is 0 Å². The molecule has 65 heavy (non-hydrogen) atoms. The van der Waals surface area contributed by atoms with E-state index in [1.165, 1.54) is 132 Å². The smallest absolute Gasteiger partial charge is 0.0540 e. The molecule has 0 amide bonds. The Balaban J connectivity index is 1.11. The molecular formula is C64H57N. The highest BCUT2D eigenvalue weighted by molar-refractivity contribution is 6.04. The number of allylic oxidation sites excluding steroid dienone is 4.